The maximum Gasteiger partial charge on any atom is 0.221 e. The summed E-state index contributed by atoms with van der Waals surface area (Å²) in [6.07, 6.45) is 0. The Balaban J connectivity index is 1.17. The number of furan rings is 1. The summed E-state index contributed by atoms with van der Waals surface area (Å²) < 4.78 is 16.2. The predicted molar refractivity (Wildman–Crippen MR) is 315 cm³/mol. The Hall–Kier alpha value is -9.76. The third-order valence-electron chi connectivity index (χ3n) is 15.4. The molecule has 0 radical (unpaired) electrons. The van der Waals surface area contributed by atoms with Crippen LogP contribution >= 0.6 is 22.7 Å². The van der Waals surface area contributed by atoms with Gasteiger partial charge in [0.05, 0.1) is 55.0 Å². The van der Waals surface area contributed by atoms with Crippen LogP contribution in [0.4, 0.5) is 5.69 Å². The molecule has 0 aliphatic carbocycles. The Morgan fingerprint density at radius 1 is 0.413 bits per heavy atom. The number of fused-ring (bicyclic) bond motifs is 18. The Labute approximate surface area is 436 Å². The number of para-hydroxylation sites is 1. The van der Waals surface area contributed by atoms with Crippen LogP contribution in [0.15, 0.2) is 223 Å². The van der Waals surface area contributed by atoms with Crippen LogP contribution in [-0.2, 0) is 0 Å². The molecule has 0 aliphatic heterocycles. The van der Waals surface area contributed by atoms with Crippen LogP contribution in [0, 0.1) is 17.9 Å². The molecular weight excluding hydrogens is 953 g/mol. The molecule has 0 saturated heterocycles. The lowest BCUT2D eigenvalue weighted by Gasteiger charge is -2.25. The first kappa shape index (κ1) is 41.8. The third-order valence-corrected chi connectivity index (χ3v) is 17.8. The second-order valence-corrected chi connectivity index (χ2v) is 21.3. The molecule has 0 spiro atoms. The third kappa shape index (κ3) is 5.79. The van der Waals surface area contributed by atoms with E-state index in [4.69, 9.17) is 9.26 Å². The summed E-state index contributed by atoms with van der Waals surface area (Å²) in [4.78, 5) is 4.74. The van der Waals surface area contributed by atoms with E-state index in [0.29, 0.717) is 16.9 Å². The molecule has 0 fully saturated rings. The first-order valence-corrected chi connectivity index (χ1v) is 26.6. The van der Waals surface area contributed by atoms with E-state index in [-0.39, 0.29) is 0 Å². The van der Waals surface area contributed by atoms with Gasteiger partial charge in [-0.05, 0) is 58.7 Å². The first-order chi connectivity index (χ1) is 37.2. The van der Waals surface area contributed by atoms with Crippen molar-refractivity contribution in [3.63, 3.8) is 0 Å². The highest BCUT2D eigenvalue weighted by Crippen LogP contribution is 2.55. The molecule has 0 unspecified atom stereocenters. The number of nitrogens with zero attached hydrogens (tertiary/aromatic N) is 4. The predicted octanol–water partition coefficient (Wildman–Crippen LogP) is 19.9. The summed E-state index contributed by atoms with van der Waals surface area (Å²) in [5.41, 5.74) is 12.7. The van der Waals surface area contributed by atoms with Gasteiger partial charge in [0.1, 0.15) is 11.7 Å². The van der Waals surface area contributed by atoms with Crippen molar-refractivity contribution < 1.29 is 4.42 Å². The molecule has 0 amide bonds. The van der Waals surface area contributed by atoms with Crippen molar-refractivity contribution in [2.75, 3.05) is 0 Å². The standard InChI is InChI=1S/C68H36N4OS2/c1-70-60-59(41-21-9-4-10-22-41)65(71-54-36-29-42(39-17-5-2-6-18-39)37-52(54)48-30-33-49-43-23-11-14-26-55(43)73-66(49)62(48)71)58(40-19-7-3-8-20-40)53(38-69)61(60)72-63-46(31-34-50-44-24-12-15-27-56(44)74-67(50)63)47-32-35-51-45-25-13-16-28-57(45)75-68(51)64(47)72/h2-37H. The van der Waals surface area contributed by atoms with Gasteiger partial charge in [-0.2, -0.15) is 5.26 Å². The number of benzene rings is 11. The highest BCUT2D eigenvalue weighted by Gasteiger charge is 2.34. The number of thiophene rings is 2. The molecule has 5 aromatic heterocycles. The minimum Gasteiger partial charge on any atom is -0.454 e. The normalized spacial score (nSPS) is 12.0. The van der Waals surface area contributed by atoms with Gasteiger partial charge < -0.3 is 13.6 Å². The van der Waals surface area contributed by atoms with Gasteiger partial charge in [-0.15, -0.1) is 22.7 Å². The SMILES string of the molecule is [C-]#[N+]c1c(-c2ccccc2)c(-n2c3ccc(-c4ccccc4)cc3c3ccc4c5ccccc5oc4c32)c(-c2ccccc2)c(C#N)c1-n1c2c(ccc3c4ccccc4sc32)c2ccc3c4ccccc4sc3c21. The molecule has 16 aromatic rings. The Morgan fingerprint density at radius 3 is 1.52 bits per heavy atom. The van der Waals surface area contributed by atoms with Crippen LogP contribution in [0.25, 0.3) is 155 Å². The van der Waals surface area contributed by atoms with Gasteiger partial charge in [0.15, 0.2) is 5.58 Å². The van der Waals surface area contributed by atoms with E-state index in [9.17, 15) is 11.8 Å². The average molecular weight is 989 g/mol. The van der Waals surface area contributed by atoms with Crippen LogP contribution in [0.3, 0.4) is 0 Å². The van der Waals surface area contributed by atoms with Crippen molar-refractivity contribution in [3.05, 3.63) is 235 Å². The molecule has 16 rings (SSSR count). The van der Waals surface area contributed by atoms with Crippen molar-refractivity contribution in [1.82, 2.24) is 9.13 Å². The molecule has 0 aliphatic rings. The number of hydrogen-bond donors (Lipinski definition) is 0. The van der Waals surface area contributed by atoms with E-state index < -0.39 is 0 Å². The average Bonchev–Trinajstić information content (AvgIpc) is 4.44. The zero-order chi connectivity index (χ0) is 49.5. The molecule has 75 heavy (non-hydrogen) atoms. The van der Waals surface area contributed by atoms with E-state index >= 15 is 0 Å². The van der Waals surface area contributed by atoms with Crippen LogP contribution in [-0.4, -0.2) is 9.13 Å². The zero-order valence-electron chi connectivity index (χ0n) is 39.8. The summed E-state index contributed by atoms with van der Waals surface area (Å²) in [6, 6.07) is 79.5. The second kappa shape index (κ2) is 15.9. The summed E-state index contributed by atoms with van der Waals surface area (Å²) >= 11 is 3.54. The molecule has 0 N–H and O–H groups in total. The molecule has 346 valence electrons. The lowest BCUT2D eigenvalue weighted by atomic mass is 9.88. The van der Waals surface area contributed by atoms with Crippen molar-refractivity contribution in [2.24, 2.45) is 0 Å². The number of hydrogen-bond acceptors (Lipinski definition) is 4. The van der Waals surface area contributed by atoms with Gasteiger partial charge in [-0.3, -0.25) is 0 Å². The Kier molecular flexibility index (Phi) is 8.85. The van der Waals surface area contributed by atoms with Crippen LogP contribution < -0.4 is 0 Å². The monoisotopic (exact) mass is 988 g/mol. The fraction of sp³-hybridized carbons (Fsp3) is 0. The fourth-order valence-corrected chi connectivity index (χ4v) is 14.7. The van der Waals surface area contributed by atoms with Crippen LogP contribution in [0.2, 0.25) is 0 Å². The smallest absolute Gasteiger partial charge is 0.221 e. The number of nitriles is 1. The van der Waals surface area contributed by atoms with E-state index in [1.807, 2.05) is 54.6 Å². The first-order valence-electron chi connectivity index (χ1n) is 24.9. The van der Waals surface area contributed by atoms with Crippen molar-refractivity contribution in [2.45, 2.75) is 0 Å². The minimum absolute atomic E-state index is 0.384. The van der Waals surface area contributed by atoms with Gasteiger partial charge in [0.25, 0.3) is 0 Å². The summed E-state index contributed by atoms with van der Waals surface area (Å²) in [5.74, 6) is 0. The maximum absolute atomic E-state index is 12.4. The second-order valence-electron chi connectivity index (χ2n) is 19.2. The Bertz CT molecular complexity index is 4990. The molecule has 0 bridgehead atoms. The Morgan fingerprint density at radius 2 is 0.920 bits per heavy atom. The van der Waals surface area contributed by atoms with Crippen LogP contribution in [0.5, 0.6) is 0 Å². The van der Waals surface area contributed by atoms with Gasteiger partial charge >= 0.3 is 0 Å². The van der Waals surface area contributed by atoms with E-state index in [2.05, 4.69) is 179 Å². The lowest BCUT2D eigenvalue weighted by Crippen LogP contribution is -2.08. The summed E-state index contributed by atoms with van der Waals surface area (Å²) in [6.45, 7) is 9.70. The van der Waals surface area contributed by atoms with Crippen molar-refractivity contribution in [1.29, 1.82) is 5.26 Å². The summed E-state index contributed by atoms with van der Waals surface area (Å²) in [5, 5.41) is 23.2. The van der Waals surface area contributed by atoms with Gasteiger partial charge in [0.2, 0.25) is 5.69 Å². The highest BCUT2D eigenvalue weighted by molar-refractivity contribution is 7.27. The van der Waals surface area contributed by atoms with Gasteiger partial charge in [-0.25, -0.2) is 4.85 Å². The number of aromatic nitrogens is 2. The quantitative estimate of drug-likeness (QED) is 0.161. The van der Waals surface area contributed by atoms with Crippen molar-refractivity contribution in [3.8, 4) is 50.8 Å². The number of rotatable bonds is 5. The molecule has 0 saturated carbocycles. The molecule has 5 nitrogen and oxygen atoms in total. The van der Waals surface area contributed by atoms with Gasteiger partial charge in [0, 0.05) is 74.4 Å². The molecule has 7 heteroatoms. The fourth-order valence-electron chi connectivity index (χ4n) is 12.2. The van der Waals surface area contributed by atoms with E-state index in [1.165, 1.54) is 20.2 Å². The molecular formula is C68H36N4OS2. The zero-order valence-corrected chi connectivity index (χ0v) is 41.4. The highest BCUT2D eigenvalue weighted by atomic mass is 32.1. The van der Waals surface area contributed by atoms with E-state index in [1.54, 1.807) is 22.7 Å². The molecule has 11 aromatic carbocycles. The lowest BCUT2D eigenvalue weighted by molar-refractivity contribution is 0.671. The van der Waals surface area contributed by atoms with Crippen molar-refractivity contribution >= 4 is 134 Å². The largest absolute Gasteiger partial charge is 0.454 e. The van der Waals surface area contributed by atoms with Gasteiger partial charge in [-0.1, -0.05) is 182 Å². The summed E-state index contributed by atoms with van der Waals surface area (Å²) in [7, 11) is 0. The topological polar surface area (TPSA) is 51.1 Å². The molecule has 5 heterocycles. The maximum atomic E-state index is 12.4. The molecule has 0 atom stereocenters. The van der Waals surface area contributed by atoms with E-state index in [0.717, 1.165) is 125 Å². The minimum atomic E-state index is 0.384. The van der Waals surface area contributed by atoms with Crippen LogP contribution in [0.1, 0.15) is 5.56 Å².